The number of hydrogen-bond acceptors (Lipinski definition) is 3. The number of likely N-dealkylation sites (tertiary alicyclic amines) is 1. The Morgan fingerprint density at radius 1 is 1.26 bits per heavy atom. The third-order valence-corrected chi connectivity index (χ3v) is 4.91. The highest BCUT2D eigenvalue weighted by Gasteiger charge is 2.19. The van der Waals surface area contributed by atoms with Crippen LogP contribution in [0.1, 0.15) is 19.8 Å². The summed E-state index contributed by atoms with van der Waals surface area (Å²) in [6.07, 6.45) is 2.39. The predicted molar refractivity (Wildman–Crippen MR) is 87.2 cm³/mol. The van der Waals surface area contributed by atoms with Gasteiger partial charge in [0.1, 0.15) is 5.75 Å². The van der Waals surface area contributed by atoms with Crippen molar-refractivity contribution in [2.24, 2.45) is 0 Å². The first-order chi connectivity index (χ1) is 9.13. The molecule has 0 saturated carbocycles. The van der Waals surface area contributed by atoms with Crippen LogP contribution in [0.4, 0.5) is 5.69 Å². The summed E-state index contributed by atoms with van der Waals surface area (Å²) in [5.41, 5.74) is 1.11. The van der Waals surface area contributed by atoms with Crippen LogP contribution in [0.5, 0.6) is 5.75 Å². The number of ether oxygens (including phenoxy) is 1. The van der Waals surface area contributed by atoms with Gasteiger partial charge in [-0.1, -0.05) is 6.92 Å². The molecule has 106 valence electrons. The Hall–Kier alpha value is -0.260. The van der Waals surface area contributed by atoms with Gasteiger partial charge in [0.05, 0.1) is 17.3 Å². The predicted octanol–water partition coefficient (Wildman–Crippen LogP) is 4.12. The number of nitrogens with zero attached hydrogens (tertiary/aromatic N) is 1. The van der Waals surface area contributed by atoms with E-state index in [1.807, 2.05) is 12.1 Å². The maximum absolute atomic E-state index is 5.35. The van der Waals surface area contributed by atoms with Crippen molar-refractivity contribution in [2.45, 2.75) is 25.8 Å². The van der Waals surface area contributed by atoms with Crippen molar-refractivity contribution in [1.29, 1.82) is 0 Å². The normalized spacial score (nSPS) is 17.5. The molecule has 3 nitrogen and oxygen atoms in total. The van der Waals surface area contributed by atoms with E-state index >= 15 is 0 Å². The van der Waals surface area contributed by atoms with Crippen molar-refractivity contribution in [3.63, 3.8) is 0 Å². The fourth-order valence-electron chi connectivity index (χ4n) is 2.41. The molecular weight excluding hydrogens is 372 g/mol. The molecule has 2 rings (SSSR count). The summed E-state index contributed by atoms with van der Waals surface area (Å²) in [6.45, 7) is 5.74. The second-order valence-electron chi connectivity index (χ2n) is 4.82. The van der Waals surface area contributed by atoms with Crippen LogP contribution in [0.3, 0.4) is 0 Å². The number of nitrogens with one attached hydrogen (secondary N) is 1. The van der Waals surface area contributed by atoms with E-state index in [2.05, 4.69) is 49.0 Å². The number of halogens is 2. The third kappa shape index (κ3) is 3.86. The lowest BCUT2D eigenvalue weighted by Crippen LogP contribution is -2.38. The molecule has 0 aromatic heterocycles. The zero-order chi connectivity index (χ0) is 13.8. The molecular formula is C14H20Br2N2O. The highest BCUT2D eigenvalue weighted by atomic mass is 79.9. The number of rotatable bonds is 4. The van der Waals surface area contributed by atoms with Gasteiger partial charge < -0.3 is 15.0 Å². The second-order valence-corrected chi connectivity index (χ2v) is 6.53. The van der Waals surface area contributed by atoms with Crippen molar-refractivity contribution in [2.75, 3.05) is 32.1 Å². The van der Waals surface area contributed by atoms with Gasteiger partial charge in [-0.05, 0) is 57.3 Å². The van der Waals surface area contributed by atoms with Gasteiger partial charge in [0.2, 0.25) is 0 Å². The summed E-state index contributed by atoms with van der Waals surface area (Å²) >= 11 is 7.10. The van der Waals surface area contributed by atoms with Crippen LogP contribution in [-0.4, -0.2) is 37.7 Å². The van der Waals surface area contributed by atoms with E-state index in [0.717, 1.165) is 26.9 Å². The molecule has 0 bridgehead atoms. The van der Waals surface area contributed by atoms with Crippen molar-refractivity contribution in [3.05, 3.63) is 21.1 Å². The van der Waals surface area contributed by atoms with Crippen molar-refractivity contribution in [3.8, 4) is 5.75 Å². The first-order valence-electron chi connectivity index (χ1n) is 6.66. The highest BCUT2D eigenvalue weighted by molar-refractivity contribution is 9.11. The Morgan fingerprint density at radius 3 is 2.53 bits per heavy atom. The average molecular weight is 392 g/mol. The molecule has 1 aromatic rings. The monoisotopic (exact) mass is 390 g/mol. The zero-order valence-corrected chi connectivity index (χ0v) is 14.6. The number of hydrogen-bond donors (Lipinski definition) is 1. The van der Waals surface area contributed by atoms with E-state index in [-0.39, 0.29) is 0 Å². The van der Waals surface area contributed by atoms with Gasteiger partial charge in [-0.3, -0.25) is 0 Å². The van der Waals surface area contributed by atoms with Gasteiger partial charge in [-0.25, -0.2) is 0 Å². The molecule has 0 spiro atoms. The standard InChI is InChI=1S/C14H20Br2N2O/c1-3-18-6-4-10(5-7-18)17-13-9-14(19-2)12(16)8-11(13)15/h8-10,17H,3-7H2,1-2H3. The summed E-state index contributed by atoms with van der Waals surface area (Å²) in [5.74, 6) is 0.858. The number of benzene rings is 1. The van der Waals surface area contributed by atoms with Gasteiger partial charge in [-0.2, -0.15) is 0 Å². The average Bonchev–Trinajstić information content (AvgIpc) is 2.42. The number of piperidine rings is 1. The van der Waals surface area contributed by atoms with Crippen LogP contribution >= 0.6 is 31.9 Å². The lowest BCUT2D eigenvalue weighted by molar-refractivity contribution is 0.229. The minimum absolute atomic E-state index is 0.546. The summed E-state index contributed by atoms with van der Waals surface area (Å²) < 4.78 is 7.38. The zero-order valence-electron chi connectivity index (χ0n) is 11.4. The van der Waals surface area contributed by atoms with Crippen molar-refractivity contribution < 1.29 is 4.74 Å². The minimum Gasteiger partial charge on any atom is -0.495 e. The molecule has 1 N–H and O–H groups in total. The van der Waals surface area contributed by atoms with E-state index in [1.54, 1.807) is 7.11 Å². The van der Waals surface area contributed by atoms with Gasteiger partial charge in [0.25, 0.3) is 0 Å². The summed E-state index contributed by atoms with van der Waals surface area (Å²) in [5, 5.41) is 3.62. The van der Waals surface area contributed by atoms with E-state index in [0.29, 0.717) is 6.04 Å². The van der Waals surface area contributed by atoms with Gasteiger partial charge >= 0.3 is 0 Å². The maximum Gasteiger partial charge on any atom is 0.135 e. The molecule has 0 amide bonds. The van der Waals surface area contributed by atoms with Gasteiger partial charge in [0, 0.05) is 29.7 Å². The Morgan fingerprint density at radius 2 is 1.95 bits per heavy atom. The molecule has 1 aromatic carbocycles. The molecule has 0 unspecified atom stereocenters. The SMILES string of the molecule is CCN1CCC(Nc2cc(OC)c(Br)cc2Br)CC1. The first-order valence-corrected chi connectivity index (χ1v) is 8.24. The van der Waals surface area contributed by atoms with E-state index in [1.165, 1.54) is 25.9 Å². The van der Waals surface area contributed by atoms with Crippen LogP contribution in [0.2, 0.25) is 0 Å². The van der Waals surface area contributed by atoms with Crippen LogP contribution in [0.15, 0.2) is 21.1 Å². The van der Waals surface area contributed by atoms with Crippen molar-refractivity contribution >= 4 is 37.5 Å². The van der Waals surface area contributed by atoms with Gasteiger partial charge in [-0.15, -0.1) is 0 Å². The summed E-state index contributed by atoms with van der Waals surface area (Å²) in [7, 11) is 1.69. The quantitative estimate of drug-likeness (QED) is 0.835. The molecule has 0 atom stereocenters. The number of anilines is 1. The molecule has 1 aliphatic heterocycles. The Kier molecular flexibility index (Phi) is 5.54. The van der Waals surface area contributed by atoms with Crippen molar-refractivity contribution in [1.82, 2.24) is 4.90 Å². The lowest BCUT2D eigenvalue weighted by atomic mass is 10.0. The van der Waals surface area contributed by atoms with E-state index < -0.39 is 0 Å². The molecule has 0 aliphatic carbocycles. The first kappa shape index (κ1) is 15.1. The molecule has 1 saturated heterocycles. The minimum atomic E-state index is 0.546. The largest absolute Gasteiger partial charge is 0.495 e. The van der Waals surface area contributed by atoms with Crippen LogP contribution < -0.4 is 10.1 Å². The molecule has 1 aliphatic rings. The fraction of sp³-hybridized carbons (Fsp3) is 0.571. The molecule has 0 radical (unpaired) electrons. The fourth-order valence-corrected chi connectivity index (χ4v) is 3.68. The second kappa shape index (κ2) is 6.95. The van der Waals surface area contributed by atoms with E-state index in [4.69, 9.17) is 4.74 Å². The third-order valence-electron chi connectivity index (χ3n) is 3.64. The molecule has 19 heavy (non-hydrogen) atoms. The number of methoxy groups -OCH3 is 1. The summed E-state index contributed by atoms with van der Waals surface area (Å²) in [4.78, 5) is 2.50. The Balaban J connectivity index is 2.03. The van der Waals surface area contributed by atoms with Crippen LogP contribution in [0, 0.1) is 0 Å². The lowest BCUT2D eigenvalue weighted by Gasteiger charge is -2.32. The Labute approximate surface area is 132 Å². The molecule has 5 heteroatoms. The Bertz CT molecular complexity index is 432. The van der Waals surface area contributed by atoms with Gasteiger partial charge in [0.15, 0.2) is 0 Å². The smallest absolute Gasteiger partial charge is 0.135 e. The van der Waals surface area contributed by atoms with Crippen LogP contribution in [-0.2, 0) is 0 Å². The van der Waals surface area contributed by atoms with E-state index in [9.17, 15) is 0 Å². The topological polar surface area (TPSA) is 24.5 Å². The van der Waals surface area contributed by atoms with Crippen LogP contribution in [0.25, 0.3) is 0 Å². The summed E-state index contributed by atoms with van der Waals surface area (Å²) in [6, 6.07) is 4.62. The molecule has 1 fully saturated rings. The molecule has 1 heterocycles. The maximum atomic E-state index is 5.35. The highest BCUT2D eigenvalue weighted by Crippen LogP contribution is 2.35.